The molecule has 0 atom stereocenters. The number of hydrogen-bond donors (Lipinski definition) is 0. The molecule has 0 fully saturated rings. The van der Waals surface area contributed by atoms with Crippen LogP contribution in [0.3, 0.4) is 0 Å². The Morgan fingerprint density at radius 1 is 0.311 bits per heavy atom. The van der Waals surface area contributed by atoms with Crippen molar-refractivity contribution in [3.63, 3.8) is 0 Å². The highest BCUT2D eigenvalue weighted by atomic mass is 15.2. The minimum Gasteiger partial charge on any atom is -0.310 e. The number of aryl methyl sites for hydroxylation is 3. The van der Waals surface area contributed by atoms with Crippen LogP contribution < -0.4 is 9.80 Å². The molecule has 0 saturated carbocycles. The van der Waals surface area contributed by atoms with Gasteiger partial charge in [-0.1, -0.05) is 199 Å². The van der Waals surface area contributed by atoms with E-state index >= 15 is 0 Å². The maximum absolute atomic E-state index is 5.02. The second-order valence-corrected chi connectivity index (χ2v) is 20.3. The highest BCUT2D eigenvalue weighted by Crippen LogP contribution is 2.65. The van der Waals surface area contributed by atoms with Crippen molar-refractivity contribution in [2.45, 2.75) is 38.5 Å². The van der Waals surface area contributed by atoms with E-state index in [0.717, 1.165) is 45.3 Å². The van der Waals surface area contributed by atoms with Crippen LogP contribution in [0, 0.1) is 27.7 Å². The summed E-state index contributed by atoms with van der Waals surface area (Å²) in [5.41, 5.74) is 25.9. The van der Waals surface area contributed by atoms with Gasteiger partial charge in [-0.2, -0.15) is 0 Å². The van der Waals surface area contributed by atoms with Crippen LogP contribution in [0.4, 0.5) is 34.1 Å². The van der Waals surface area contributed by atoms with Gasteiger partial charge >= 0.3 is 0 Å². The number of nitrogens with zero attached hydrogens (tertiary/aromatic N) is 4. The third kappa shape index (κ3) is 6.21. The summed E-state index contributed by atoms with van der Waals surface area (Å²) >= 11 is 0. The molecule has 4 heteroatoms. The topological polar surface area (TPSA) is 32.3 Å². The highest BCUT2D eigenvalue weighted by molar-refractivity contribution is 5.97. The van der Waals surface area contributed by atoms with Gasteiger partial charge in [-0.15, -0.1) is 0 Å². The monoisotopic (exact) mass is 948 g/mol. The second-order valence-electron chi connectivity index (χ2n) is 20.3. The fraction of sp³-hybridized carbons (Fsp3) is 0.0857. The lowest BCUT2D eigenvalue weighted by Gasteiger charge is -2.47. The van der Waals surface area contributed by atoms with Crippen molar-refractivity contribution < 1.29 is 0 Å². The summed E-state index contributed by atoms with van der Waals surface area (Å²) in [4.78, 5) is 14.9. The molecule has 0 N–H and O–H groups in total. The number of fused-ring (bicyclic) bond motifs is 11. The molecule has 3 aliphatic rings. The van der Waals surface area contributed by atoms with E-state index in [1.54, 1.807) is 0 Å². The summed E-state index contributed by atoms with van der Waals surface area (Å²) in [5.74, 6) is 0.756. The van der Waals surface area contributed by atoms with Gasteiger partial charge in [0.2, 0.25) is 0 Å². The zero-order chi connectivity index (χ0) is 49.7. The molecule has 74 heavy (non-hydrogen) atoms. The van der Waals surface area contributed by atoms with E-state index in [1.807, 2.05) is 13.0 Å². The lowest BCUT2D eigenvalue weighted by Crippen LogP contribution is -2.38. The summed E-state index contributed by atoms with van der Waals surface area (Å²) in [6, 6.07) is 90.4. The van der Waals surface area contributed by atoms with Crippen LogP contribution in [0.15, 0.2) is 243 Å². The van der Waals surface area contributed by atoms with E-state index < -0.39 is 10.8 Å². The van der Waals surface area contributed by atoms with E-state index in [1.165, 1.54) is 89.5 Å². The molecule has 2 aliphatic heterocycles. The Kier molecular flexibility index (Phi) is 9.87. The van der Waals surface area contributed by atoms with Crippen molar-refractivity contribution in [1.82, 2.24) is 9.97 Å². The van der Waals surface area contributed by atoms with Crippen molar-refractivity contribution in [3.05, 3.63) is 310 Å². The smallest absolute Gasteiger partial charge is 0.126 e. The third-order valence-corrected chi connectivity index (χ3v) is 16.1. The maximum atomic E-state index is 5.02. The molecule has 1 aromatic heterocycles. The molecule has 0 radical (unpaired) electrons. The van der Waals surface area contributed by atoms with E-state index in [0.29, 0.717) is 0 Å². The van der Waals surface area contributed by atoms with Crippen molar-refractivity contribution >= 4 is 34.1 Å². The number of para-hydroxylation sites is 3. The summed E-state index contributed by atoms with van der Waals surface area (Å²) in [6.45, 7) is 8.60. The zero-order valence-corrected chi connectivity index (χ0v) is 41.9. The molecular formula is C70H52N4. The minimum absolute atomic E-state index is 0.612. The van der Waals surface area contributed by atoms with Gasteiger partial charge in [0.15, 0.2) is 0 Å². The largest absolute Gasteiger partial charge is 0.310 e. The van der Waals surface area contributed by atoms with Crippen molar-refractivity contribution in [1.29, 1.82) is 0 Å². The predicted octanol–water partition coefficient (Wildman–Crippen LogP) is 17.4. The van der Waals surface area contributed by atoms with Gasteiger partial charge < -0.3 is 9.80 Å². The van der Waals surface area contributed by atoms with Crippen LogP contribution in [-0.2, 0) is 10.8 Å². The maximum Gasteiger partial charge on any atom is 0.126 e. The van der Waals surface area contributed by atoms with E-state index in [4.69, 9.17) is 9.97 Å². The summed E-state index contributed by atoms with van der Waals surface area (Å²) in [6.07, 6.45) is 0. The molecule has 1 spiro atoms. The van der Waals surface area contributed by atoms with Crippen molar-refractivity contribution in [2.75, 3.05) is 9.80 Å². The quantitative estimate of drug-likeness (QED) is 0.166. The van der Waals surface area contributed by atoms with Crippen LogP contribution in [-0.4, -0.2) is 9.97 Å². The van der Waals surface area contributed by atoms with Crippen molar-refractivity contribution in [2.24, 2.45) is 0 Å². The van der Waals surface area contributed by atoms with Gasteiger partial charge in [0.05, 0.1) is 45.0 Å². The molecule has 4 nitrogen and oxygen atoms in total. The Morgan fingerprint density at radius 3 is 1.36 bits per heavy atom. The Hall–Kier alpha value is -9.12. The highest BCUT2D eigenvalue weighted by Gasteiger charge is 2.53. The SMILES string of the molecule is Cc1ccc2c(c1)C1(c3ccccc3-c3cc(C4(c5ccccc5)c5ccccc5N(c5ccccc5)c5ccccc54)ccc31)c1cc(C)ccc1N2c1ccc(-c2nc(C)nc(-c3ccccc3)c2C)cc1. The van der Waals surface area contributed by atoms with Crippen LogP contribution >= 0.6 is 0 Å². The summed E-state index contributed by atoms with van der Waals surface area (Å²) < 4.78 is 0. The third-order valence-electron chi connectivity index (χ3n) is 16.1. The number of rotatable bonds is 6. The molecular weight excluding hydrogens is 897 g/mol. The summed E-state index contributed by atoms with van der Waals surface area (Å²) in [5, 5.41) is 0. The van der Waals surface area contributed by atoms with Gasteiger partial charge in [0, 0.05) is 28.1 Å². The zero-order valence-electron chi connectivity index (χ0n) is 41.9. The van der Waals surface area contributed by atoms with Gasteiger partial charge in [0.25, 0.3) is 0 Å². The summed E-state index contributed by atoms with van der Waals surface area (Å²) in [7, 11) is 0. The minimum atomic E-state index is -0.649. The van der Waals surface area contributed by atoms with Crippen LogP contribution in [0.5, 0.6) is 0 Å². The van der Waals surface area contributed by atoms with Crippen LogP contribution in [0.2, 0.25) is 0 Å². The van der Waals surface area contributed by atoms with Gasteiger partial charge in [-0.05, 0) is 138 Å². The normalized spacial score (nSPS) is 14.1. The van der Waals surface area contributed by atoms with E-state index in [2.05, 4.69) is 267 Å². The Balaban J connectivity index is 0.985. The first-order valence-corrected chi connectivity index (χ1v) is 25.7. The molecule has 14 rings (SSSR count). The van der Waals surface area contributed by atoms with Crippen LogP contribution in [0.1, 0.15) is 67.0 Å². The Bertz CT molecular complexity index is 3910. The fourth-order valence-corrected chi connectivity index (χ4v) is 13.1. The standard InChI is InChI=1S/C70H52N4/c1-45-32-40-65-61(42-45)70(62-43-46(2)33-41-66(62)74(65)54-37-34-50(35-38-54)68-47(3)67(71-48(4)72-68)49-20-8-5-9-21-49)57-27-15-14-26-55(57)56-44-52(36-39-58(56)70)69(51-22-10-6-11-23-51)59-28-16-18-30-63(59)73(53-24-12-7-13-25-53)64-31-19-17-29-60(64)69/h5-44H,1-4H3. The molecule has 352 valence electrons. The average Bonchev–Trinajstić information content (AvgIpc) is 3.83. The number of benzene rings is 10. The first kappa shape index (κ1) is 43.7. The second kappa shape index (κ2) is 16.7. The number of anilines is 6. The lowest BCUT2D eigenvalue weighted by atomic mass is 9.61. The molecule has 11 aromatic rings. The molecule has 1 aliphatic carbocycles. The molecule has 0 amide bonds. The van der Waals surface area contributed by atoms with E-state index in [-0.39, 0.29) is 0 Å². The van der Waals surface area contributed by atoms with Gasteiger partial charge in [-0.3, -0.25) is 0 Å². The van der Waals surface area contributed by atoms with Gasteiger partial charge in [-0.25, -0.2) is 9.97 Å². The van der Waals surface area contributed by atoms with Crippen LogP contribution in [0.25, 0.3) is 33.6 Å². The lowest BCUT2D eigenvalue weighted by molar-refractivity contribution is 0.725. The average molecular weight is 949 g/mol. The number of aromatic nitrogens is 2. The first-order chi connectivity index (χ1) is 36.3. The fourth-order valence-electron chi connectivity index (χ4n) is 13.1. The number of hydrogen-bond acceptors (Lipinski definition) is 4. The van der Waals surface area contributed by atoms with Crippen molar-refractivity contribution in [3.8, 4) is 33.6 Å². The van der Waals surface area contributed by atoms with Gasteiger partial charge in [0.1, 0.15) is 5.82 Å². The predicted molar refractivity (Wildman–Crippen MR) is 304 cm³/mol. The first-order valence-electron chi connectivity index (χ1n) is 25.7. The molecule has 10 aromatic carbocycles. The molecule has 0 saturated heterocycles. The molecule has 3 heterocycles. The molecule has 0 bridgehead atoms. The van der Waals surface area contributed by atoms with E-state index in [9.17, 15) is 0 Å². The Morgan fingerprint density at radius 2 is 0.770 bits per heavy atom. The Labute approximate surface area is 433 Å². The molecule has 0 unspecified atom stereocenters.